The molecule has 0 bridgehead atoms. The maximum absolute atomic E-state index is 12.1. The van der Waals surface area contributed by atoms with Gasteiger partial charge in [0.1, 0.15) is 5.75 Å². The molecule has 1 saturated heterocycles. The van der Waals surface area contributed by atoms with Crippen LogP contribution in [0.15, 0.2) is 39.9 Å². The van der Waals surface area contributed by atoms with E-state index in [4.69, 9.17) is 4.74 Å². The van der Waals surface area contributed by atoms with Crippen molar-refractivity contribution in [3.63, 3.8) is 0 Å². The predicted molar refractivity (Wildman–Crippen MR) is 96.9 cm³/mol. The Morgan fingerprint density at radius 1 is 1.12 bits per heavy atom. The van der Waals surface area contributed by atoms with Crippen molar-refractivity contribution in [1.82, 2.24) is 14.0 Å². The lowest BCUT2D eigenvalue weighted by Crippen LogP contribution is -2.39. The molecule has 0 amide bonds. The van der Waals surface area contributed by atoms with Crippen molar-refractivity contribution in [2.24, 2.45) is 14.1 Å². The highest BCUT2D eigenvalue weighted by atomic mass is 16.5. The SMILES string of the molecule is CCOc1ccc(C2CCCN2Cc2cc(=O)n(C)c(=O)n2C)cc1. The first-order chi connectivity index (χ1) is 12.0. The van der Waals surface area contributed by atoms with Crippen LogP contribution in [0.2, 0.25) is 0 Å². The highest BCUT2D eigenvalue weighted by Crippen LogP contribution is 2.33. The summed E-state index contributed by atoms with van der Waals surface area (Å²) >= 11 is 0. The average Bonchev–Trinajstić information content (AvgIpc) is 3.07. The van der Waals surface area contributed by atoms with Gasteiger partial charge in [-0.1, -0.05) is 12.1 Å². The van der Waals surface area contributed by atoms with Gasteiger partial charge in [0.2, 0.25) is 0 Å². The van der Waals surface area contributed by atoms with Gasteiger partial charge in [0, 0.05) is 38.4 Å². The lowest BCUT2D eigenvalue weighted by molar-refractivity contribution is 0.241. The van der Waals surface area contributed by atoms with E-state index < -0.39 is 0 Å². The Balaban J connectivity index is 1.83. The zero-order valence-corrected chi connectivity index (χ0v) is 15.1. The summed E-state index contributed by atoms with van der Waals surface area (Å²) in [5, 5.41) is 0. The van der Waals surface area contributed by atoms with Gasteiger partial charge in [-0.2, -0.15) is 0 Å². The Morgan fingerprint density at radius 2 is 1.84 bits per heavy atom. The lowest BCUT2D eigenvalue weighted by atomic mass is 10.0. The van der Waals surface area contributed by atoms with E-state index in [2.05, 4.69) is 17.0 Å². The second-order valence-electron chi connectivity index (χ2n) is 6.51. The van der Waals surface area contributed by atoms with Gasteiger partial charge in [0.15, 0.2) is 0 Å². The first-order valence-electron chi connectivity index (χ1n) is 8.74. The molecule has 1 fully saturated rings. The summed E-state index contributed by atoms with van der Waals surface area (Å²) in [7, 11) is 3.23. The third kappa shape index (κ3) is 3.54. The van der Waals surface area contributed by atoms with Gasteiger partial charge >= 0.3 is 5.69 Å². The van der Waals surface area contributed by atoms with E-state index in [1.165, 1.54) is 12.6 Å². The maximum atomic E-state index is 12.1. The van der Waals surface area contributed by atoms with Gasteiger partial charge in [-0.05, 0) is 44.0 Å². The Labute approximate surface area is 147 Å². The van der Waals surface area contributed by atoms with Gasteiger partial charge in [-0.3, -0.25) is 18.8 Å². The van der Waals surface area contributed by atoms with Gasteiger partial charge in [-0.15, -0.1) is 0 Å². The number of hydrogen-bond donors (Lipinski definition) is 0. The molecule has 1 aromatic carbocycles. The van der Waals surface area contributed by atoms with Crippen molar-refractivity contribution in [2.45, 2.75) is 32.4 Å². The summed E-state index contributed by atoms with van der Waals surface area (Å²) < 4.78 is 8.21. The Morgan fingerprint density at radius 3 is 2.52 bits per heavy atom. The molecule has 0 saturated carbocycles. The van der Waals surface area contributed by atoms with E-state index in [-0.39, 0.29) is 11.2 Å². The summed E-state index contributed by atoms with van der Waals surface area (Å²) in [6, 6.07) is 10.1. The molecule has 6 heteroatoms. The van der Waals surface area contributed by atoms with Crippen molar-refractivity contribution in [2.75, 3.05) is 13.2 Å². The third-order valence-corrected chi connectivity index (χ3v) is 4.93. The Hall–Kier alpha value is -2.34. The first-order valence-corrected chi connectivity index (χ1v) is 8.74. The quantitative estimate of drug-likeness (QED) is 0.831. The molecule has 6 nitrogen and oxygen atoms in total. The summed E-state index contributed by atoms with van der Waals surface area (Å²) in [4.78, 5) is 26.4. The van der Waals surface area contributed by atoms with Crippen LogP contribution < -0.4 is 16.0 Å². The zero-order chi connectivity index (χ0) is 18.0. The summed E-state index contributed by atoms with van der Waals surface area (Å²) in [5.41, 5.74) is 1.47. The van der Waals surface area contributed by atoms with Crippen molar-refractivity contribution in [3.8, 4) is 5.75 Å². The minimum absolute atomic E-state index is 0.255. The van der Waals surface area contributed by atoms with Crippen LogP contribution in [0, 0.1) is 0 Å². The fourth-order valence-corrected chi connectivity index (χ4v) is 3.48. The first kappa shape index (κ1) is 17.5. The number of likely N-dealkylation sites (tertiary alicyclic amines) is 1. The van der Waals surface area contributed by atoms with Gasteiger partial charge in [0.25, 0.3) is 5.56 Å². The van der Waals surface area contributed by atoms with Crippen LogP contribution in [0.5, 0.6) is 5.75 Å². The number of benzene rings is 1. The highest BCUT2D eigenvalue weighted by Gasteiger charge is 2.26. The van der Waals surface area contributed by atoms with Crippen LogP contribution in [0.1, 0.15) is 37.1 Å². The summed E-state index contributed by atoms with van der Waals surface area (Å²) in [6.07, 6.45) is 2.18. The fraction of sp³-hybridized carbons (Fsp3) is 0.474. The molecule has 0 radical (unpaired) electrons. The monoisotopic (exact) mass is 343 g/mol. The molecule has 0 aliphatic carbocycles. The van der Waals surface area contributed by atoms with Crippen LogP contribution in [-0.4, -0.2) is 27.2 Å². The third-order valence-electron chi connectivity index (χ3n) is 4.93. The second kappa shape index (κ2) is 7.27. The van der Waals surface area contributed by atoms with Gasteiger partial charge in [0.05, 0.1) is 6.61 Å². The minimum atomic E-state index is -0.278. The lowest BCUT2D eigenvalue weighted by Gasteiger charge is -2.26. The molecule has 134 valence electrons. The molecule has 2 aromatic rings. The van der Waals surface area contributed by atoms with Crippen molar-refractivity contribution >= 4 is 0 Å². The van der Waals surface area contributed by atoms with Crippen LogP contribution >= 0.6 is 0 Å². The topological polar surface area (TPSA) is 56.5 Å². The van der Waals surface area contributed by atoms with E-state index in [0.29, 0.717) is 19.2 Å². The van der Waals surface area contributed by atoms with E-state index in [1.807, 2.05) is 19.1 Å². The summed E-state index contributed by atoms with van der Waals surface area (Å²) in [6.45, 7) is 4.19. The highest BCUT2D eigenvalue weighted by molar-refractivity contribution is 5.29. The fourth-order valence-electron chi connectivity index (χ4n) is 3.48. The normalized spacial score (nSPS) is 17.8. The van der Waals surface area contributed by atoms with Crippen molar-refractivity contribution in [1.29, 1.82) is 0 Å². The number of hydrogen-bond acceptors (Lipinski definition) is 4. The predicted octanol–water partition coefficient (Wildman–Crippen LogP) is 1.82. The molecule has 1 atom stereocenters. The average molecular weight is 343 g/mol. The van der Waals surface area contributed by atoms with E-state index in [0.717, 1.165) is 35.4 Å². The molecule has 1 aromatic heterocycles. The molecule has 25 heavy (non-hydrogen) atoms. The number of rotatable bonds is 5. The van der Waals surface area contributed by atoms with E-state index in [9.17, 15) is 9.59 Å². The Bertz CT molecular complexity index is 852. The molecule has 3 rings (SSSR count). The van der Waals surface area contributed by atoms with Crippen molar-refractivity contribution < 1.29 is 4.74 Å². The van der Waals surface area contributed by atoms with Crippen LogP contribution in [-0.2, 0) is 20.6 Å². The largest absolute Gasteiger partial charge is 0.494 e. The van der Waals surface area contributed by atoms with Crippen LogP contribution in [0.3, 0.4) is 0 Å². The Kier molecular flexibility index (Phi) is 5.08. The molecule has 2 heterocycles. The maximum Gasteiger partial charge on any atom is 0.330 e. The van der Waals surface area contributed by atoms with Crippen molar-refractivity contribution in [3.05, 3.63) is 62.4 Å². The molecule has 0 spiro atoms. The smallest absolute Gasteiger partial charge is 0.330 e. The van der Waals surface area contributed by atoms with E-state index in [1.54, 1.807) is 17.7 Å². The summed E-state index contributed by atoms with van der Waals surface area (Å²) in [5.74, 6) is 0.879. The number of nitrogens with zero attached hydrogens (tertiary/aromatic N) is 3. The molecule has 0 N–H and O–H groups in total. The second-order valence-corrected chi connectivity index (χ2v) is 6.51. The van der Waals surface area contributed by atoms with E-state index >= 15 is 0 Å². The van der Waals surface area contributed by atoms with Gasteiger partial charge in [-0.25, -0.2) is 4.79 Å². The molecule has 1 aliphatic rings. The van der Waals surface area contributed by atoms with Crippen LogP contribution in [0.4, 0.5) is 0 Å². The molecule has 1 unspecified atom stereocenters. The minimum Gasteiger partial charge on any atom is -0.494 e. The molecular formula is C19H25N3O3. The zero-order valence-electron chi connectivity index (χ0n) is 15.1. The molecule has 1 aliphatic heterocycles. The van der Waals surface area contributed by atoms with Gasteiger partial charge < -0.3 is 4.74 Å². The standard InChI is InChI=1S/C19H25N3O3/c1-4-25-16-9-7-14(8-10-16)17-6-5-11-22(17)13-15-12-18(23)21(3)19(24)20(15)2/h7-10,12,17H,4-6,11,13H2,1-3H3. The number of ether oxygens (including phenoxy) is 1. The number of aromatic nitrogens is 2. The molecular weight excluding hydrogens is 318 g/mol. The van der Waals surface area contributed by atoms with Crippen LogP contribution in [0.25, 0.3) is 0 Å².